The van der Waals surface area contributed by atoms with Gasteiger partial charge in [-0.2, -0.15) is 5.10 Å². The number of nitrogens with one attached hydrogen (secondary N) is 1. The quantitative estimate of drug-likeness (QED) is 0.941. The summed E-state index contributed by atoms with van der Waals surface area (Å²) in [4.78, 5) is 13.1. The van der Waals surface area contributed by atoms with Gasteiger partial charge in [0.15, 0.2) is 5.82 Å². The van der Waals surface area contributed by atoms with Crippen molar-refractivity contribution in [3.05, 3.63) is 47.7 Å². The number of amides is 1. The smallest absolute Gasteiger partial charge is 0.236 e. The van der Waals surface area contributed by atoms with Crippen molar-refractivity contribution in [2.45, 2.75) is 44.4 Å². The van der Waals surface area contributed by atoms with Gasteiger partial charge in [-0.25, -0.2) is 0 Å². The fourth-order valence-corrected chi connectivity index (χ4v) is 3.60. The molecule has 1 amide bonds. The zero-order valence-electron chi connectivity index (χ0n) is 13.3. The first-order valence-electron chi connectivity index (χ1n) is 7.99. The molecule has 0 saturated heterocycles. The Kier molecular flexibility index (Phi) is 4.01. The van der Waals surface area contributed by atoms with Gasteiger partial charge >= 0.3 is 0 Å². The summed E-state index contributed by atoms with van der Waals surface area (Å²) < 4.78 is 1.71. The van der Waals surface area contributed by atoms with E-state index >= 15 is 0 Å². The minimum atomic E-state index is -0.416. The van der Waals surface area contributed by atoms with E-state index in [2.05, 4.69) is 29.5 Å². The minimum absolute atomic E-state index is 0.0835. The van der Waals surface area contributed by atoms with Gasteiger partial charge in [-0.1, -0.05) is 43.5 Å². The lowest BCUT2D eigenvalue weighted by molar-refractivity contribution is -0.122. The van der Waals surface area contributed by atoms with E-state index in [4.69, 9.17) is 0 Å². The molecule has 1 aromatic carbocycles. The molecule has 1 saturated carbocycles. The molecule has 1 aromatic heterocycles. The first-order chi connectivity index (χ1) is 10.6. The van der Waals surface area contributed by atoms with Crippen LogP contribution in [0.3, 0.4) is 0 Å². The molecule has 0 bridgehead atoms. The molecular weight excluding hydrogens is 274 g/mol. The topological polar surface area (TPSA) is 46.9 Å². The molecule has 116 valence electrons. The van der Waals surface area contributed by atoms with Crippen LogP contribution in [-0.2, 0) is 17.3 Å². The predicted octanol–water partition coefficient (Wildman–Crippen LogP) is 3.57. The first kappa shape index (κ1) is 14.8. The van der Waals surface area contributed by atoms with E-state index in [0.717, 1.165) is 25.7 Å². The lowest BCUT2D eigenvalue weighted by atomic mass is 9.67. The molecule has 22 heavy (non-hydrogen) atoms. The summed E-state index contributed by atoms with van der Waals surface area (Å²) in [5.74, 6) is 0.714. The van der Waals surface area contributed by atoms with Crippen LogP contribution in [0.15, 0.2) is 36.5 Å². The van der Waals surface area contributed by atoms with Crippen LogP contribution in [-0.4, -0.2) is 15.7 Å². The van der Waals surface area contributed by atoms with E-state index in [9.17, 15) is 4.79 Å². The summed E-state index contributed by atoms with van der Waals surface area (Å²) in [7, 11) is 1.85. The SMILES string of the molecule is Cc1ccccc1C1(C(=O)Nc2ccn(C)n2)CCCCC1. The highest BCUT2D eigenvalue weighted by atomic mass is 16.2. The molecule has 0 aliphatic heterocycles. The third-order valence-corrected chi connectivity index (χ3v) is 4.76. The predicted molar refractivity (Wildman–Crippen MR) is 87.8 cm³/mol. The number of hydrogen-bond acceptors (Lipinski definition) is 2. The van der Waals surface area contributed by atoms with Crippen molar-refractivity contribution in [3.8, 4) is 0 Å². The van der Waals surface area contributed by atoms with E-state index in [-0.39, 0.29) is 5.91 Å². The monoisotopic (exact) mass is 297 g/mol. The summed E-state index contributed by atoms with van der Waals surface area (Å²) in [5, 5.41) is 7.31. The van der Waals surface area contributed by atoms with Crippen LogP contribution in [0.5, 0.6) is 0 Å². The summed E-state index contributed by atoms with van der Waals surface area (Å²) >= 11 is 0. The van der Waals surface area contributed by atoms with E-state index in [0.29, 0.717) is 5.82 Å². The van der Waals surface area contributed by atoms with Crippen LogP contribution in [0, 0.1) is 6.92 Å². The van der Waals surface area contributed by atoms with Crippen LogP contribution < -0.4 is 5.32 Å². The second-order valence-electron chi connectivity index (χ2n) is 6.29. The summed E-state index contributed by atoms with van der Waals surface area (Å²) in [6.07, 6.45) is 7.09. The van der Waals surface area contributed by atoms with Crippen LogP contribution >= 0.6 is 0 Å². The van der Waals surface area contributed by atoms with E-state index in [1.165, 1.54) is 17.5 Å². The standard InChI is InChI=1S/C18H23N3O/c1-14-8-4-5-9-15(14)18(11-6-3-7-12-18)17(22)19-16-10-13-21(2)20-16/h4-5,8-10,13H,3,6-7,11-12H2,1-2H3,(H,19,20,22). The minimum Gasteiger partial charge on any atom is -0.308 e. The fourth-order valence-electron chi connectivity index (χ4n) is 3.60. The van der Waals surface area contributed by atoms with Gasteiger partial charge < -0.3 is 5.32 Å². The molecule has 3 rings (SSSR count). The van der Waals surface area contributed by atoms with Gasteiger partial charge in [-0.05, 0) is 30.9 Å². The number of hydrogen-bond donors (Lipinski definition) is 1. The Balaban J connectivity index is 1.95. The second-order valence-corrected chi connectivity index (χ2v) is 6.29. The van der Waals surface area contributed by atoms with Crippen molar-refractivity contribution in [3.63, 3.8) is 0 Å². The average Bonchev–Trinajstić information content (AvgIpc) is 2.93. The Morgan fingerprint density at radius 2 is 1.91 bits per heavy atom. The van der Waals surface area contributed by atoms with Crippen LogP contribution in [0.2, 0.25) is 0 Å². The number of anilines is 1. The Morgan fingerprint density at radius 3 is 2.55 bits per heavy atom. The number of nitrogens with zero attached hydrogens (tertiary/aromatic N) is 2. The average molecular weight is 297 g/mol. The van der Waals surface area contributed by atoms with Gasteiger partial charge in [0.2, 0.25) is 5.91 Å². The molecule has 1 fully saturated rings. The zero-order valence-corrected chi connectivity index (χ0v) is 13.3. The largest absolute Gasteiger partial charge is 0.308 e. The third-order valence-electron chi connectivity index (χ3n) is 4.76. The van der Waals surface area contributed by atoms with Crippen molar-refractivity contribution in [1.29, 1.82) is 0 Å². The fraction of sp³-hybridized carbons (Fsp3) is 0.444. The van der Waals surface area contributed by atoms with Gasteiger partial charge in [0.1, 0.15) is 0 Å². The van der Waals surface area contributed by atoms with Crippen molar-refractivity contribution >= 4 is 11.7 Å². The maximum absolute atomic E-state index is 13.1. The highest BCUT2D eigenvalue weighted by molar-refractivity contribution is 5.98. The lowest BCUT2D eigenvalue weighted by Crippen LogP contribution is -2.42. The van der Waals surface area contributed by atoms with Crippen LogP contribution in [0.1, 0.15) is 43.2 Å². The third kappa shape index (κ3) is 2.65. The molecule has 2 aromatic rings. The Labute approximate surface area is 131 Å². The normalized spacial score (nSPS) is 17.2. The maximum atomic E-state index is 13.1. The number of rotatable bonds is 3. The summed E-state index contributed by atoms with van der Waals surface area (Å²) in [6.45, 7) is 2.10. The van der Waals surface area contributed by atoms with Crippen LogP contribution in [0.25, 0.3) is 0 Å². The Morgan fingerprint density at radius 1 is 1.18 bits per heavy atom. The highest BCUT2D eigenvalue weighted by Crippen LogP contribution is 2.41. The molecule has 0 unspecified atom stereocenters. The summed E-state index contributed by atoms with van der Waals surface area (Å²) in [5.41, 5.74) is 1.95. The van der Waals surface area contributed by atoms with Gasteiger partial charge in [0.05, 0.1) is 5.41 Å². The lowest BCUT2D eigenvalue weighted by Gasteiger charge is -2.37. The number of carbonyl (C=O) groups is 1. The number of benzene rings is 1. The number of aromatic nitrogens is 2. The van der Waals surface area contributed by atoms with E-state index < -0.39 is 5.41 Å². The molecule has 1 N–H and O–H groups in total. The molecule has 1 aliphatic carbocycles. The van der Waals surface area contributed by atoms with Gasteiger partial charge in [0.25, 0.3) is 0 Å². The van der Waals surface area contributed by atoms with Crippen molar-refractivity contribution in [1.82, 2.24) is 9.78 Å². The Bertz CT molecular complexity index is 668. The molecule has 0 atom stereocenters. The molecule has 4 heteroatoms. The van der Waals surface area contributed by atoms with Gasteiger partial charge in [0, 0.05) is 19.3 Å². The molecule has 0 radical (unpaired) electrons. The van der Waals surface area contributed by atoms with Crippen molar-refractivity contribution in [2.75, 3.05) is 5.32 Å². The number of carbonyl (C=O) groups excluding carboxylic acids is 1. The second kappa shape index (κ2) is 5.95. The van der Waals surface area contributed by atoms with Gasteiger partial charge in [-0.3, -0.25) is 9.48 Å². The highest BCUT2D eigenvalue weighted by Gasteiger charge is 2.42. The molecule has 0 spiro atoms. The molecule has 1 aliphatic rings. The first-order valence-corrected chi connectivity index (χ1v) is 7.99. The number of aryl methyl sites for hydroxylation is 2. The van der Waals surface area contributed by atoms with Crippen molar-refractivity contribution < 1.29 is 4.79 Å². The maximum Gasteiger partial charge on any atom is 0.236 e. The summed E-state index contributed by atoms with van der Waals surface area (Å²) in [6, 6.07) is 10.1. The Hall–Kier alpha value is -2.10. The zero-order chi connectivity index (χ0) is 15.6. The molecular formula is C18H23N3O. The molecule has 4 nitrogen and oxygen atoms in total. The van der Waals surface area contributed by atoms with E-state index in [1.807, 2.05) is 31.4 Å². The van der Waals surface area contributed by atoms with E-state index in [1.54, 1.807) is 4.68 Å². The van der Waals surface area contributed by atoms with Gasteiger partial charge in [-0.15, -0.1) is 0 Å². The van der Waals surface area contributed by atoms with Crippen LogP contribution in [0.4, 0.5) is 5.82 Å². The van der Waals surface area contributed by atoms with Crippen molar-refractivity contribution in [2.24, 2.45) is 7.05 Å². The molecule has 1 heterocycles.